The van der Waals surface area contributed by atoms with Crippen LogP contribution in [0, 0.1) is 17.0 Å². The minimum absolute atomic E-state index is 0.0204. The topological polar surface area (TPSA) is 78.7 Å². The fourth-order valence-corrected chi connectivity index (χ4v) is 2.80. The highest BCUT2D eigenvalue weighted by Crippen LogP contribution is 2.33. The van der Waals surface area contributed by atoms with E-state index in [1.165, 1.54) is 19.2 Å². The Balaban J connectivity index is 2.45. The third kappa shape index (κ3) is 3.65. The van der Waals surface area contributed by atoms with Gasteiger partial charge in [-0.05, 0) is 36.8 Å². The number of nitro groups is 1. The van der Waals surface area contributed by atoms with Crippen molar-refractivity contribution in [2.45, 2.75) is 6.92 Å². The number of hydrogen-bond acceptors (Lipinski definition) is 5. The number of aryl methyl sites for hydroxylation is 1. The summed E-state index contributed by atoms with van der Waals surface area (Å²) in [6.45, 7) is 1.67. The van der Waals surface area contributed by atoms with Crippen LogP contribution in [0.2, 0.25) is 5.02 Å². The van der Waals surface area contributed by atoms with E-state index in [0.29, 0.717) is 22.1 Å². The molecule has 0 aliphatic heterocycles. The molecule has 0 saturated carbocycles. The van der Waals surface area contributed by atoms with Crippen LogP contribution in [-0.4, -0.2) is 12.0 Å². The standard InChI is InChI=1S/C14H13ClNO5P/c1-9-7-12(16(17)18)14(22(19)20-2)8-13(9)21-11-5-3-10(15)4-6-11/h3-8,22H,1-2H3. The second-order valence-electron chi connectivity index (χ2n) is 4.44. The smallest absolute Gasteiger partial charge is 0.282 e. The Kier molecular flexibility index (Phi) is 5.19. The Morgan fingerprint density at radius 2 is 1.86 bits per heavy atom. The van der Waals surface area contributed by atoms with E-state index in [2.05, 4.69) is 0 Å². The monoisotopic (exact) mass is 341 g/mol. The second kappa shape index (κ2) is 6.92. The minimum atomic E-state index is -2.71. The molecular formula is C14H13ClNO5P. The van der Waals surface area contributed by atoms with Gasteiger partial charge in [0, 0.05) is 24.3 Å². The molecule has 0 radical (unpaired) electrons. The number of nitro benzene ring substituents is 1. The quantitative estimate of drug-likeness (QED) is 0.465. The average molecular weight is 342 g/mol. The molecule has 0 fully saturated rings. The number of benzene rings is 2. The van der Waals surface area contributed by atoms with Crippen molar-refractivity contribution in [3.05, 3.63) is 57.1 Å². The zero-order chi connectivity index (χ0) is 16.3. The molecule has 0 spiro atoms. The summed E-state index contributed by atoms with van der Waals surface area (Å²) in [6.07, 6.45) is 0. The lowest BCUT2D eigenvalue weighted by atomic mass is 10.2. The Hall–Kier alpha value is -1.88. The van der Waals surface area contributed by atoms with Crippen LogP contribution in [0.25, 0.3) is 0 Å². The summed E-state index contributed by atoms with van der Waals surface area (Å²) < 4.78 is 22.3. The second-order valence-corrected chi connectivity index (χ2v) is 6.40. The van der Waals surface area contributed by atoms with Gasteiger partial charge in [0.05, 0.1) is 4.92 Å². The molecule has 0 saturated heterocycles. The number of nitrogens with zero attached hydrogens (tertiary/aromatic N) is 1. The fourth-order valence-electron chi connectivity index (χ4n) is 1.84. The van der Waals surface area contributed by atoms with Crippen molar-refractivity contribution in [2.75, 3.05) is 7.11 Å². The third-order valence-electron chi connectivity index (χ3n) is 2.94. The summed E-state index contributed by atoms with van der Waals surface area (Å²) in [6, 6.07) is 9.37. The highest BCUT2D eigenvalue weighted by atomic mass is 35.5. The average Bonchev–Trinajstić information content (AvgIpc) is 2.50. The van der Waals surface area contributed by atoms with Crippen LogP contribution in [0.3, 0.4) is 0 Å². The molecule has 6 nitrogen and oxygen atoms in total. The van der Waals surface area contributed by atoms with E-state index in [0.717, 1.165) is 0 Å². The normalized spacial score (nSPS) is 12.0. The molecule has 1 unspecified atom stereocenters. The maximum Gasteiger partial charge on any atom is 0.282 e. The fraction of sp³-hybridized carbons (Fsp3) is 0.143. The number of ether oxygens (including phenoxy) is 1. The van der Waals surface area contributed by atoms with Crippen LogP contribution in [-0.2, 0) is 9.09 Å². The Labute approximate surface area is 132 Å². The van der Waals surface area contributed by atoms with Crippen LogP contribution in [0.5, 0.6) is 11.5 Å². The molecule has 0 aliphatic rings. The highest BCUT2D eigenvalue weighted by Gasteiger charge is 2.22. The maximum absolute atomic E-state index is 11.9. The van der Waals surface area contributed by atoms with Gasteiger partial charge < -0.3 is 9.26 Å². The summed E-state index contributed by atoms with van der Waals surface area (Å²) in [7, 11) is -1.47. The molecule has 0 bridgehead atoms. The molecule has 0 aromatic heterocycles. The highest BCUT2D eigenvalue weighted by molar-refractivity contribution is 7.48. The molecule has 2 aromatic rings. The first kappa shape index (κ1) is 16.5. The van der Waals surface area contributed by atoms with Gasteiger partial charge in [0.2, 0.25) is 8.03 Å². The Morgan fingerprint density at radius 1 is 1.23 bits per heavy atom. The lowest BCUT2D eigenvalue weighted by Crippen LogP contribution is -2.07. The molecule has 8 heteroatoms. The van der Waals surface area contributed by atoms with Crippen LogP contribution >= 0.6 is 19.6 Å². The SMILES string of the molecule is CO[PH](=O)c1cc(Oc2ccc(Cl)cc2)c(C)cc1[N+](=O)[O-]. The van der Waals surface area contributed by atoms with Gasteiger partial charge in [-0.25, -0.2) is 0 Å². The van der Waals surface area contributed by atoms with E-state index < -0.39 is 13.0 Å². The number of hydrogen-bond donors (Lipinski definition) is 0. The van der Waals surface area contributed by atoms with Gasteiger partial charge in [0.1, 0.15) is 16.8 Å². The van der Waals surface area contributed by atoms with Gasteiger partial charge in [-0.3, -0.25) is 14.7 Å². The molecule has 1 atom stereocenters. The van der Waals surface area contributed by atoms with E-state index in [1.54, 1.807) is 31.2 Å². The molecule has 2 aromatic carbocycles. The van der Waals surface area contributed by atoms with Gasteiger partial charge in [-0.15, -0.1) is 0 Å². The van der Waals surface area contributed by atoms with E-state index in [-0.39, 0.29) is 11.0 Å². The third-order valence-corrected chi connectivity index (χ3v) is 4.40. The summed E-state index contributed by atoms with van der Waals surface area (Å²) in [5.74, 6) is 0.891. The van der Waals surface area contributed by atoms with E-state index >= 15 is 0 Å². The van der Waals surface area contributed by atoms with E-state index in [9.17, 15) is 14.7 Å². The van der Waals surface area contributed by atoms with Gasteiger partial charge in [-0.1, -0.05) is 11.6 Å². The van der Waals surface area contributed by atoms with Crippen molar-refractivity contribution in [3.8, 4) is 11.5 Å². The van der Waals surface area contributed by atoms with Crippen molar-refractivity contribution >= 4 is 30.6 Å². The molecular weight excluding hydrogens is 329 g/mol. The molecule has 0 amide bonds. The lowest BCUT2D eigenvalue weighted by Gasteiger charge is -2.11. The largest absolute Gasteiger partial charge is 0.457 e. The van der Waals surface area contributed by atoms with Crippen LogP contribution in [0.4, 0.5) is 5.69 Å². The molecule has 22 heavy (non-hydrogen) atoms. The zero-order valence-corrected chi connectivity index (χ0v) is 13.6. The molecule has 0 N–H and O–H groups in total. The van der Waals surface area contributed by atoms with E-state index in [1.807, 2.05) is 0 Å². The summed E-state index contributed by atoms with van der Waals surface area (Å²) in [4.78, 5) is 10.5. The molecule has 0 aliphatic carbocycles. The molecule has 0 heterocycles. The summed E-state index contributed by atoms with van der Waals surface area (Å²) >= 11 is 5.80. The van der Waals surface area contributed by atoms with E-state index in [4.69, 9.17) is 20.9 Å². The first-order valence-corrected chi connectivity index (χ1v) is 7.92. The number of rotatable bonds is 5. The van der Waals surface area contributed by atoms with Crippen molar-refractivity contribution < 1.29 is 18.7 Å². The van der Waals surface area contributed by atoms with Crippen LogP contribution < -0.4 is 10.0 Å². The Morgan fingerprint density at radius 3 is 2.41 bits per heavy atom. The van der Waals surface area contributed by atoms with Gasteiger partial charge in [0.15, 0.2) is 0 Å². The van der Waals surface area contributed by atoms with Crippen molar-refractivity contribution in [1.29, 1.82) is 0 Å². The first-order chi connectivity index (χ1) is 10.4. The van der Waals surface area contributed by atoms with Crippen molar-refractivity contribution in [2.24, 2.45) is 0 Å². The lowest BCUT2D eigenvalue weighted by molar-refractivity contribution is -0.383. The molecule has 2 rings (SSSR count). The summed E-state index contributed by atoms with van der Waals surface area (Å²) in [5, 5.41) is 11.7. The predicted octanol–water partition coefficient (Wildman–Crippen LogP) is 4.10. The van der Waals surface area contributed by atoms with Gasteiger partial charge in [0.25, 0.3) is 5.69 Å². The summed E-state index contributed by atoms with van der Waals surface area (Å²) in [5.41, 5.74) is 0.308. The van der Waals surface area contributed by atoms with Gasteiger partial charge in [-0.2, -0.15) is 0 Å². The first-order valence-electron chi connectivity index (χ1n) is 6.23. The number of halogens is 1. The van der Waals surface area contributed by atoms with Crippen LogP contribution in [0.1, 0.15) is 5.56 Å². The maximum atomic E-state index is 11.9. The van der Waals surface area contributed by atoms with Gasteiger partial charge >= 0.3 is 0 Å². The predicted molar refractivity (Wildman–Crippen MR) is 85.0 cm³/mol. The molecule has 116 valence electrons. The Bertz CT molecular complexity index is 733. The minimum Gasteiger partial charge on any atom is -0.457 e. The zero-order valence-electron chi connectivity index (χ0n) is 11.8. The van der Waals surface area contributed by atoms with Crippen molar-refractivity contribution in [1.82, 2.24) is 0 Å². The van der Waals surface area contributed by atoms with Crippen molar-refractivity contribution in [3.63, 3.8) is 0 Å². The van der Waals surface area contributed by atoms with Crippen LogP contribution in [0.15, 0.2) is 36.4 Å².